The molecular formula is C17H28FIN6O. The Hall–Kier alpha value is -1.20. The van der Waals surface area contributed by atoms with Crippen LogP contribution < -0.4 is 15.5 Å². The van der Waals surface area contributed by atoms with Crippen molar-refractivity contribution in [1.82, 2.24) is 20.5 Å². The standard InChI is InChI=1S/C17H27FN6O.HI/c1-19-17(21-10-14-12-23(2)8-9-25-14)22-13-5-7-24(11-13)16-15(18)4-3-6-20-16;/h3-4,6,13-14H,5,7-12H2,1-2H3,(H2,19,21,22);1H. The molecule has 7 nitrogen and oxygen atoms in total. The Kier molecular flexibility index (Phi) is 8.29. The van der Waals surface area contributed by atoms with Crippen LogP contribution in [0, 0.1) is 5.82 Å². The van der Waals surface area contributed by atoms with Crippen molar-refractivity contribution in [2.24, 2.45) is 4.99 Å². The van der Waals surface area contributed by atoms with Gasteiger partial charge in [-0.15, -0.1) is 24.0 Å². The second-order valence-electron chi connectivity index (χ2n) is 6.59. The molecule has 26 heavy (non-hydrogen) atoms. The van der Waals surface area contributed by atoms with E-state index >= 15 is 0 Å². The summed E-state index contributed by atoms with van der Waals surface area (Å²) in [6.45, 7) is 4.86. The molecule has 0 amide bonds. The van der Waals surface area contributed by atoms with Crippen molar-refractivity contribution in [3.05, 3.63) is 24.1 Å². The van der Waals surface area contributed by atoms with Gasteiger partial charge in [0.15, 0.2) is 17.6 Å². The number of aromatic nitrogens is 1. The van der Waals surface area contributed by atoms with Crippen LogP contribution in [-0.2, 0) is 4.74 Å². The third kappa shape index (κ3) is 5.65. The van der Waals surface area contributed by atoms with Gasteiger partial charge in [0.1, 0.15) is 0 Å². The zero-order valence-electron chi connectivity index (χ0n) is 15.3. The summed E-state index contributed by atoms with van der Waals surface area (Å²) in [5.41, 5.74) is 0. The second-order valence-corrected chi connectivity index (χ2v) is 6.59. The van der Waals surface area contributed by atoms with E-state index < -0.39 is 0 Å². The fourth-order valence-electron chi connectivity index (χ4n) is 3.27. The van der Waals surface area contributed by atoms with Gasteiger partial charge < -0.3 is 25.2 Å². The van der Waals surface area contributed by atoms with E-state index in [1.807, 2.05) is 4.90 Å². The predicted molar refractivity (Wildman–Crippen MR) is 112 cm³/mol. The quantitative estimate of drug-likeness (QED) is 0.381. The second kappa shape index (κ2) is 10.2. The van der Waals surface area contributed by atoms with Crippen molar-refractivity contribution in [2.45, 2.75) is 18.6 Å². The fraction of sp³-hybridized carbons (Fsp3) is 0.647. The van der Waals surface area contributed by atoms with Crippen LogP contribution in [0.25, 0.3) is 0 Å². The molecule has 0 saturated carbocycles. The molecule has 3 rings (SSSR count). The summed E-state index contributed by atoms with van der Waals surface area (Å²) in [5.74, 6) is 0.905. The van der Waals surface area contributed by atoms with E-state index in [0.29, 0.717) is 12.4 Å². The summed E-state index contributed by atoms with van der Waals surface area (Å²) in [5, 5.41) is 6.75. The maximum atomic E-state index is 13.9. The van der Waals surface area contributed by atoms with Crippen LogP contribution in [0.4, 0.5) is 10.2 Å². The molecule has 2 atom stereocenters. The van der Waals surface area contributed by atoms with E-state index in [0.717, 1.165) is 45.2 Å². The van der Waals surface area contributed by atoms with Crippen molar-refractivity contribution < 1.29 is 9.13 Å². The molecule has 2 aliphatic rings. The van der Waals surface area contributed by atoms with E-state index in [1.165, 1.54) is 6.07 Å². The number of nitrogens with one attached hydrogen (secondary N) is 2. The summed E-state index contributed by atoms with van der Waals surface area (Å²) < 4.78 is 19.6. The number of hydrogen-bond donors (Lipinski definition) is 2. The Labute approximate surface area is 171 Å². The Bertz CT molecular complexity index is 604. The monoisotopic (exact) mass is 478 g/mol. The molecule has 3 heterocycles. The molecule has 0 spiro atoms. The topological polar surface area (TPSA) is 65.0 Å². The van der Waals surface area contributed by atoms with E-state index in [2.05, 4.69) is 32.6 Å². The zero-order valence-corrected chi connectivity index (χ0v) is 17.7. The summed E-state index contributed by atoms with van der Waals surface area (Å²) in [6.07, 6.45) is 2.71. The third-order valence-electron chi connectivity index (χ3n) is 4.63. The molecule has 146 valence electrons. The van der Waals surface area contributed by atoms with Crippen LogP contribution in [0.3, 0.4) is 0 Å². The molecule has 2 aliphatic heterocycles. The molecule has 9 heteroatoms. The first kappa shape index (κ1) is 21.1. The highest BCUT2D eigenvalue weighted by Gasteiger charge is 2.26. The van der Waals surface area contributed by atoms with E-state index in [1.54, 1.807) is 19.3 Å². The van der Waals surface area contributed by atoms with E-state index in [-0.39, 0.29) is 41.9 Å². The highest BCUT2D eigenvalue weighted by molar-refractivity contribution is 14.0. The molecule has 0 aromatic carbocycles. The minimum atomic E-state index is -0.274. The lowest BCUT2D eigenvalue weighted by Crippen LogP contribution is -2.50. The van der Waals surface area contributed by atoms with E-state index in [9.17, 15) is 4.39 Å². The molecule has 2 saturated heterocycles. The molecule has 2 unspecified atom stereocenters. The minimum absolute atomic E-state index is 0. The number of likely N-dealkylation sites (N-methyl/N-ethyl adjacent to an activating group) is 1. The summed E-state index contributed by atoms with van der Waals surface area (Å²) in [7, 11) is 3.86. The van der Waals surface area contributed by atoms with Gasteiger partial charge in [0.05, 0.1) is 12.7 Å². The summed E-state index contributed by atoms with van der Waals surface area (Å²) in [4.78, 5) is 12.7. The Morgan fingerprint density at radius 3 is 3.00 bits per heavy atom. The number of rotatable bonds is 4. The maximum Gasteiger partial charge on any atom is 0.191 e. The van der Waals surface area contributed by atoms with Crippen molar-refractivity contribution >= 4 is 35.8 Å². The van der Waals surface area contributed by atoms with Gasteiger partial charge in [0.2, 0.25) is 0 Å². The molecule has 0 bridgehead atoms. The Balaban J connectivity index is 0.00000243. The molecule has 2 fully saturated rings. The molecule has 0 aliphatic carbocycles. The van der Waals surface area contributed by atoms with Crippen molar-refractivity contribution in [3.8, 4) is 0 Å². The summed E-state index contributed by atoms with van der Waals surface area (Å²) in [6, 6.07) is 3.27. The average Bonchev–Trinajstić information content (AvgIpc) is 3.07. The lowest BCUT2D eigenvalue weighted by Gasteiger charge is -2.30. The zero-order chi connectivity index (χ0) is 17.6. The Morgan fingerprint density at radius 2 is 2.27 bits per heavy atom. The third-order valence-corrected chi connectivity index (χ3v) is 4.63. The molecule has 2 N–H and O–H groups in total. The lowest BCUT2D eigenvalue weighted by atomic mass is 10.2. The highest BCUT2D eigenvalue weighted by Crippen LogP contribution is 2.20. The number of morpholine rings is 1. The Morgan fingerprint density at radius 1 is 1.42 bits per heavy atom. The molecule has 1 aromatic rings. The highest BCUT2D eigenvalue weighted by atomic mass is 127. The van der Waals surface area contributed by atoms with Gasteiger partial charge in [0.25, 0.3) is 0 Å². The smallest absolute Gasteiger partial charge is 0.191 e. The normalized spacial score (nSPS) is 24.3. The van der Waals surface area contributed by atoms with Gasteiger partial charge in [-0.05, 0) is 25.6 Å². The van der Waals surface area contributed by atoms with Crippen molar-refractivity contribution in [2.75, 3.05) is 58.3 Å². The largest absolute Gasteiger partial charge is 0.374 e. The van der Waals surface area contributed by atoms with Crippen LogP contribution >= 0.6 is 24.0 Å². The van der Waals surface area contributed by atoms with E-state index in [4.69, 9.17) is 4.74 Å². The maximum absolute atomic E-state index is 13.9. The number of anilines is 1. The SMILES string of the molecule is CN=C(NCC1CN(C)CCO1)NC1CCN(c2ncccc2F)C1.I. The van der Waals surface area contributed by atoms with Gasteiger partial charge in [-0.1, -0.05) is 0 Å². The minimum Gasteiger partial charge on any atom is -0.374 e. The van der Waals surface area contributed by atoms with Crippen LogP contribution in [0.1, 0.15) is 6.42 Å². The average molecular weight is 478 g/mol. The van der Waals surface area contributed by atoms with Crippen molar-refractivity contribution in [3.63, 3.8) is 0 Å². The number of hydrogen-bond acceptors (Lipinski definition) is 5. The van der Waals surface area contributed by atoms with Gasteiger partial charge in [0, 0.05) is 52.0 Å². The van der Waals surface area contributed by atoms with Crippen LogP contribution in [0.5, 0.6) is 0 Å². The van der Waals surface area contributed by atoms with Crippen LogP contribution in [0.2, 0.25) is 0 Å². The number of halogens is 2. The first-order valence-corrected chi connectivity index (χ1v) is 8.78. The molecular weight excluding hydrogens is 450 g/mol. The van der Waals surface area contributed by atoms with Crippen LogP contribution in [-0.4, -0.2) is 81.4 Å². The van der Waals surface area contributed by atoms with Crippen LogP contribution in [0.15, 0.2) is 23.3 Å². The number of guanidine groups is 1. The van der Waals surface area contributed by atoms with Crippen molar-refractivity contribution in [1.29, 1.82) is 0 Å². The summed E-state index contributed by atoms with van der Waals surface area (Å²) >= 11 is 0. The van der Waals surface area contributed by atoms with Gasteiger partial charge in [-0.2, -0.15) is 0 Å². The fourth-order valence-corrected chi connectivity index (χ4v) is 3.27. The lowest BCUT2D eigenvalue weighted by molar-refractivity contribution is -0.0161. The first-order chi connectivity index (χ1) is 12.2. The predicted octanol–water partition coefficient (Wildman–Crippen LogP) is 0.913. The molecule has 1 aromatic heterocycles. The molecule has 0 radical (unpaired) electrons. The van der Waals surface area contributed by atoms with Gasteiger partial charge in [-0.3, -0.25) is 4.99 Å². The number of aliphatic imine (C=N–C) groups is 1. The van der Waals surface area contributed by atoms with Gasteiger partial charge in [-0.25, -0.2) is 9.37 Å². The number of pyridine rings is 1. The first-order valence-electron chi connectivity index (χ1n) is 8.78. The van der Waals surface area contributed by atoms with Gasteiger partial charge >= 0.3 is 0 Å². The number of nitrogens with zero attached hydrogens (tertiary/aromatic N) is 4. The number of ether oxygens (including phenoxy) is 1.